The molecule has 0 N–H and O–H groups in total. The van der Waals surface area contributed by atoms with E-state index < -0.39 is 0 Å². The Morgan fingerprint density at radius 3 is 2.65 bits per heavy atom. The molecule has 0 spiro atoms. The van der Waals surface area contributed by atoms with Crippen LogP contribution in [-0.2, 0) is 9.63 Å². The molecule has 0 heterocycles. The van der Waals surface area contributed by atoms with E-state index in [1.54, 1.807) is 25.3 Å². The zero-order valence-corrected chi connectivity index (χ0v) is 10.7. The predicted molar refractivity (Wildman–Crippen MR) is 63.3 cm³/mol. The smallest absolute Gasteiger partial charge is 0.283 e. The SMILES string of the molecule is COc1ccc(OCC(=O)N(C)OC)c(Cl)c1. The van der Waals surface area contributed by atoms with Crippen molar-refractivity contribution in [3.63, 3.8) is 0 Å². The topological polar surface area (TPSA) is 48.0 Å². The summed E-state index contributed by atoms with van der Waals surface area (Å²) in [6.07, 6.45) is 0. The molecule has 0 unspecified atom stereocenters. The molecule has 0 aliphatic carbocycles. The Bertz CT molecular complexity index is 397. The minimum Gasteiger partial charge on any atom is -0.497 e. The van der Waals surface area contributed by atoms with Gasteiger partial charge in [0.15, 0.2) is 6.61 Å². The van der Waals surface area contributed by atoms with Gasteiger partial charge in [0.05, 0.1) is 19.2 Å². The van der Waals surface area contributed by atoms with Crippen molar-refractivity contribution in [2.75, 3.05) is 27.9 Å². The maximum atomic E-state index is 11.4. The fourth-order valence-corrected chi connectivity index (χ4v) is 1.28. The first kappa shape index (κ1) is 13.6. The van der Waals surface area contributed by atoms with Crippen LogP contribution in [0.3, 0.4) is 0 Å². The van der Waals surface area contributed by atoms with Crippen LogP contribution in [0.15, 0.2) is 18.2 Å². The summed E-state index contributed by atoms with van der Waals surface area (Å²) in [5.41, 5.74) is 0. The third-order valence-corrected chi connectivity index (χ3v) is 2.41. The average Bonchev–Trinajstić information content (AvgIpc) is 2.35. The number of likely N-dealkylation sites (N-methyl/N-ethyl adjacent to an activating group) is 1. The molecule has 1 aromatic rings. The number of halogens is 1. The highest BCUT2D eigenvalue weighted by Crippen LogP contribution is 2.28. The average molecular weight is 260 g/mol. The van der Waals surface area contributed by atoms with Gasteiger partial charge in [-0.25, -0.2) is 5.06 Å². The van der Waals surface area contributed by atoms with E-state index in [1.165, 1.54) is 14.2 Å². The highest BCUT2D eigenvalue weighted by molar-refractivity contribution is 6.32. The lowest BCUT2D eigenvalue weighted by molar-refractivity contribution is -0.170. The minimum atomic E-state index is -0.306. The molecule has 0 fully saturated rings. The summed E-state index contributed by atoms with van der Waals surface area (Å²) in [5, 5.41) is 1.47. The van der Waals surface area contributed by atoms with Gasteiger partial charge >= 0.3 is 0 Å². The molecule has 0 aliphatic rings. The summed E-state index contributed by atoms with van der Waals surface area (Å²) in [6.45, 7) is -0.142. The highest BCUT2D eigenvalue weighted by Gasteiger charge is 2.10. The van der Waals surface area contributed by atoms with Crippen molar-refractivity contribution in [1.82, 2.24) is 5.06 Å². The predicted octanol–water partition coefficient (Wildman–Crippen LogP) is 1.75. The van der Waals surface area contributed by atoms with Crippen LogP contribution in [0.5, 0.6) is 11.5 Å². The number of nitrogens with zero attached hydrogens (tertiary/aromatic N) is 1. The molecule has 0 saturated carbocycles. The number of amides is 1. The van der Waals surface area contributed by atoms with Crippen LogP contribution in [0.25, 0.3) is 0 Å². The normalized spacial score (nSPS) is 9.88. The van der Waals surface area contributed by atoms with Crippen molar-refractivity contribution in [2.24, 2.45) is 0 Å². The van der Waals surface area contributed by atoms with Crippen molar-refractivity contribution >= 4 is 17.5 Å². The number of carbonyl (C=O) groups is 1. The lowest BCUT2D eigenvalue weighted by Gasteiger charge is -2.14. The Morgan fingerprint density at radius 2 is 2.12 bits per heavy atom. The first-order valence-corrected chi connectivity index (χ1v) is 5.23. The number of carbonyl (C=O) groups excluding carboxylic acids is 1. The molecule has 6 heteroatoms. The molecule has 0 bridgehead atoms. The molecule has 0 aromatic heterocycles. The van der Waals surface area contributed by atoms with E-state index in [-0.39, 0.29) is 12.5 Å². The summed E-state index contributed by atoms with van der Waals surface area (Å²) in [7, 11) is 4.45. The molecule has 0 saturated heterocycles. The second kappa shape index (κ2) is 6.32. The summed E-state index contributed by atoms with van der Waals surface area (Å²) < 4.78 is 10.3. The maximum absolute atomic E-state index is 11.4. The quantitative estimate of drug-likeness (QED) is 0.756. The molecule has 1 rings (SSSR count). The molecule has 1 amide bonds. The van der Waals surface area contributed by atoms with Gasteiger partial charge in [0.25, 0.3) is 5.91 Å². The standard InChI is InChI=1S/C11H14ClNO4/c1-13(16-3)11(14)7-17-10-5-4-8(15-2)6-9(10)12/h4-6H,7H2,1-3H3. The largest absolute Gasteiger partial charge is 0.497 e. The van der Waals surface area contributed by atoms with Gasteiger partial charge in [-0.3, -0.25) is 9.63 Å². The van der Waals surface area contributed by atoms with E-state index in [1.807, 2.05) is 0 Å². The van der Waals surface area contributed by atoms with Crippen molar-refractivity contribution in [3.05, 3.63) is 23.2 Å². The van der Waals surface area contributed by atoms with E-state index in [2.05, 4.69) is 0 Å². The molecule has 0 radical (unpaired) electrons. The van der Waals surface area contributed by atoms with Crippen molar-refractivity contribution in [2.45, 2.75) is 0 Å². The summed E-state index contributed by atoms with van der Waals surface area (Å²) in [6, 6.07) is 4.95. The number of methoxy groups -OCH3 is 1. The number of hydrogen-bond donors (Lipinski definition) is 0. The number of hydrogen-bond acceptors (Lipinski definition) is 4. The van der Waals surface area contributed by atoms with Crippen molar-refractivity contribution < 1.29 is 19.1 Å². The van der Waals surface area contributed by atoms with Crippen LogP contribution >= 0.6 is 11.6 Å². The minimum absolute atomic E-state index is 0.142. The number of benzene rings is 1. The third-order valence-electron chi connectivity index (χ3n) is 2.12. The fourth-order valence-electron chi connectivity index (χ4n) is 1.06. The Hall–Kier alpha value is -1.46. The van der Waals surface area contributed by atoms with Gasteiger partial charge in [0.1, 0.15) is 11.5 Å². The van der Waals surface area contributed by atoms with Gasteiger partial charge in [-0.1, -0.05) is 11.6 Å². The third kappa shape index (κ3) is 3.80. The first-order chi connectivity index (χ1) is 8.08. The maximum Gasteiger partial charge on any atom is 0.283 e. The Kier molecular flexibility index (Phi) is 5.06. The van der Waals surface area contributed by atoms with Crippen LogP contribution in [0.2, 0.25) is 5.02 Å². The van der Waals surface area contributed by atoms with Crippen LogP contribution in [-0.4, -0.2) is 38.8 Å². The molecule has 0 aliphatic heterocycles. The van der Waals surface area contributed by atoms with E-state index >= 15 is 0 Å². The molecular weight excluding hydrogens is 246 g/mol. The molecule has 5 nitrogen and oxygen atoms in total. The second-order valence-electron chi connectivity index (χ2n) is 3.16. The van der Waals surface area contributed by atoms with Crippen molar-refractivity contribution in [1.29, 1.82) is 0 Å². The summed E-state index contributed by atoms with van der Waals surface area (Å²) in [4.78, 5) is 16.1. The van der Waals surface area contributed by atoms with Gasteiger partial charge < -0.3 is 9.47 Å². The van der Waals surface area contributed by atoms with E-state index in [0.717, 1.165) is 5.06 Å². The zero-order valence-electron chi connectivity index (χ0n) is 9.90. The Labute approximate surface area is 105 Å². The first-order valence-electron chi connectivity index (χ1n) is 4.85. The van der Waals surface area contributed by atoms with Crippen LogP contribution in [0, 0.1) is 0 Å². The van der Waals surface area contributed by atoms with Gasteiger partial charge in [-0.15, -0.1) is 0 Å². The number of hydroxylamine groups is 2. The monoisotopic (exact) mass is 259 g/mol. The lowest BCUT2D eigenvalue weighted by Crippen LogP contribution is -2.30. The number of ether oxygens (including phenoxy) is 2. The second-order valence-corrected chi connectivity index (χ2v) is 3.57. The van der Waals surface area contributed by atoms with Crippen LogP contribution in [0.1, 0.15) is 0 Å². The van der Waals surface area contributed by atoms with E-state index in [4.69, 9.17) is 25.9 Å². The van der Waals surface area contributed by atoms with Crippen LogP contribution < -0.4 is 9.47 Å². The van der Waals surface area contributed by atoms with Gasteiger partial charge in [-0.2, -0.15) is 0 Å². The zero-order chi connectivity index (χ0) is 12.8. The molecular formula is C11H14ClNO4. The summed E-state index contributed by atoms with van der Waals surface area (Å²) >= 11 is 5.94. The highest BCUT2D eigenvalue weighted by atomic mass is 35.5. The summed E-state index contributed by atoms with van der Waals surface area (Å²) in [5.74, 6) is 0.743. The van der Waals surface area contributed by atoms with E-state index in [0.29, 0.717) is 16.5 Å². The van der Waals surface area contributed by atoms with Crippen molar-refractivity contribution in [3.8, 4) is 11.5 Å². The Morgan fingerprint density at radius 1 is 1.41 bits per heavy atom. The van der Waals surface area contributed by atoms with Crippen LogP contribution in [0.4, 0.5) is 0 Å². The number of rotatable bonds is 5. The lowest BCUT2D eigenvalue weighted by atomic mass is 10.3. The fraction of sp³-hybridized carbons (Fsp3) is 0.364. The molecule has 1 aromatic carbocycles. The van der Waals surface area contributed by atoms with Gasteiger partial charge in [0, 0.05) is 13.1 Å². The van der Waals surface area contributed by atoms with E-state index in [9.17, 15) is 4.79 Å². The van der Waals surface area contributed by atoms with Gasteiger partial charge in [0.2, 0.25) is 0 Å². The molecule has 17 heavy (non-hydrogen) atoms. The van der Waals surface area contributed by atoms with Gasteiger partial charge in [-0.05, 0) is 12.1 Å². The molecule has 94 valence electrons. The molecule has 0 atom stereocenters. The Balaban J connectivity index is 2.61.